The van der Waals surface area contributed by atoms with Crippen molar-refractivity contribution >= 4 is 21.4 Å². The van der Waals surface area contributed by atoms with Gasteiger partial charge in [-0.3, -0.25) is 0 Å². The summed E-state index contributed by atoms with van der Waals surface area (Å²) in [7, 11) is -3.62. The number of aromatic nitrogens is 1. The number of nitrogens with zero attached hydrogens (tertiary/aromatic N) is 2. The number of alkyl halides is 1. The minimum Gasteiger partial charge on any atom is -0.240 e. The van der Waals surface area contributed by atoms with Gasteiger partial charge >= 0.3 is 0 Å². The molecule has 2 rings (SSSR count). The molecule has 0 N–H and O–H groups in total. The summed E-state index contributed by atoms with van der Waals surface area (Å²) >= 11 is 5.61. The van der Waals surface area contributed by atoms with Crippen molar-refractivity contribution in [1.29, 1.82) is 5.26 Å². The molecule has 96 valence electrons. The van der Waals surface area contributed by atoms with Crippen molar-refractivity contribution in [2.45, 2.75) is 36.5 Å². The minimum atomic E-state index is -3.62. The molecule has 0 spiro atoms. The molecule has 0 radical (unpaired) electrons. The summed E-state index contributed by atoms with van der Waals surface area (Å²) in [6.07, 6.45) is 2.60. The highest BCUT2D eigenvalue weighted by Gasteiger charge is 2.29. The molecule has 1 aliphatic rings. The second kappa shape index (κ2) is 4.87. The molecule has 0 aliphatic heterocycles. The van der Waals surface area contributed by atoms with Crippen molar-refractivity contribution in [3.8, 4) is 6.07 Å². The van der Waals surface area contributed by atoms with Crippen LogP contribution in [-0.4, -0.2) is 24.5 Å². The molecule has 0 bridgehead atoms. The van der Waals surface area contributed by atoms with Crippen LogP contribution in [0, 0.1) is 11.3 Å². The van der Waals surface area contributed by atoms with Gasteiger partial charge in [-0.25, -0.2) is 13.4 Å². The van der Waals surface area contributed by atoms with Gasteiger partial charge in [-0.2, -0.15) is 5.26 Å². The second-order valence-electron chi connectivity index (χ2n) is 4.42. The Hall–Kier alpha value is -1.12. The van der Waals surface area contributed by atoms with Crippen molar-refractivity contribution in [3.05, 3.63) is 22.9 Å². The first-order chi connectivity index (χ1) is 8.50. The van der Waals surface area contributed by atoms with E-state index in [9.17, 15) is 8.42 Å². The molecular formula is C12H13ClN2O2S. The van der Waals surface area contributed by atoms with Crippen LogP contribution in [-0.2, 0) is 22.7 Å². The van der Waals surface area contributed by atoms with E-state index in [1.807, 2.05) is 6.07 Å². The largest absolute Gasteiger partial charge is 0.240 e. The van der Waals surface area contributed by atoms with Gasteiger partial charge in [0.2, 0.25) is 9.84 Å². The monoisotopic (exact) mass is 284 g/mol. The maximum absolute atomic E-state index is 12.2. The van der Waals surface area contributed by atoms with Crippen molar-refractivity contribution in [3.63, 3.8) is 0 Å². The van der Waals surface area contributed by atoms with E-state index in [1.165, 1.54) is 6.92 Å². The van der Waals surface area contributed by atoms with Crippen LogP contribution in [0.4, 0.5) is 0 Å². The summed E-state index contributed by atoms with van der Waals surface area (Å²) < 4.78 is 24.5. The fourth-order valence-corrected chi connectivity index (χ4v) is 3.72. The molecule has 1 unspecified atom stereocenters. The van der Waals surface area contributed by atoms with Crippen molar-refractivity contribution in [2.24, 2.45) is 0 Å². The Morgan fingerprint density at radius 1 is 1.56 bits per heavy atom. The highest BCUT2D eigenvalue weighted by atomic mass is 35.5. The standard InChI is InChI=1S/C12H13ClN2O2S/c1-8(6-13)18(16,17)12-10(7-14)5-9-3-2-4-11(9)15-12/h5,8H,2-4,6H2,1H3. The van der Waals surface area contributed by atoms with Crippen LogP contribution >= 0.6 is 11.6 Å². The van der Waals surface area contributed by atoms with Gasteiger partial charge in [-0.15, -0.1) is 11.6 Å². The maximum atomic E-state index is 12.2. The minimum absolute atomic E-state index is 0.00797. The number of aryl methyl sites for hydroxylation is 2. The van der Waals surface area contributed by atoms with Crippen LogP contribution in [0.5, 0.6) is 0 Å². The van der Waals surface area contributed by atoms with Crippen molar-refractivity contribution in [1.82, 2.24) is 4.98 Å². The summed E-state index contributed by atoms with van der Waals surface area (Å²) in [4.78, 5) is 4.20. The van der Waals surface area contributed by atoms with Gasteiger partial charge in [-0.1, -0.05) is 0 Å². The molecule has 1 atom stereocenters. The normalized spacial score (nSPS) is 16.1. The lowest BCUT2D eigenvalue weighted by Crippen LogP contribution is -2.22. The van der Waals surface area contributed by atoms with E-state index in [0.717, 1.165) is 30.5 Å². The van der Waals surface area contributed by atoms with Gasteiger partial charge in [-0.05, 0) is 37.8 Å². The number of halogens is 1. The second-order valence-corrected chi connectivity index (χ2v) is 7.01. The first-order valence-corrected chi connectivity index (χ1v) is 7.81. The van der Waals surface area contributed by atoms with Gasteiger partial charge in [0.15, 0.2) is 5.03 Å². The third kappa shape index (κ3) is 2.11. The van der Waals surface area contributed by atoms with Crippen LogP contribution < -0.4 is 0 Å². The lowest BCUT2D eigenvalue weighted by Gasteiger charge is -2.11. The number of hydrogen-bond acceptors (Lipinski definition) is 4. The van der Waals surface area contributed by atoms with E-state index >= 15 is 0 Å². The van der Waals surface area contributed by atoms with E-state index < -0.39 is 15.1 Å². The van der Waals surface area contributed by atoms with Crippen LogP contribution in [0.25, 0.3) is 0 Å². The molecule has 0 saturated heterocycles. The highest BCUT2D eigenvalue weighted by molar-refractivity contribution is 7.92. The fraction of sp³-hybridized carbons (Fsp3) is 0.500. The summed E-state index contributed by atoms with van der Waals surface area (Å²) in [6, 6.07) is 3.58. The Morgan fingerprint density at radius 3 is 2.89 bits per heavy atom. The molecule has 4 nitrogen and oxygen atoms in total. The van der Waals surface area contributed by atoms with Crippen LogP contribution in [0.3, 0.4) is 0 Å². The Labute approximate surface area is 112 Å². The first-order valence-electron chi connectivity index (χ1n) is 5.73. The average Bonchev–Trinajstić information content (AvgIpc) is 2.83. The Kier molecular flexibility index (Phi) is 3.60. The molecule has 6 heteroatoms. The molecule has 0 saturated carbocycles. The van der Waals surface area contributed by atoms with E-state index in [2.05, 4.69) is 4.98 Å². The molecule has 1 aliphatic carbocycles. The van der Waals surface area contributed by atoms with Crippen LogP contribution in [0.2, 0.25) is 0 Å². The third-order valence-electron chi connectivity index (χ3n) is 3.15. The third-order valence-corrected chi connectivity index (χ3v) is 5.88. The summed E-state index contributed by atoms with van der Waals surface area (Å²) in [6.45, 7) is 1.53. The lowest BCUT2D eigenvalue weighted by atomic mass is 10.2. The van der Waals surface area contributed by atoms with Gasteiger partial charge in [0.1, 0.15) is 6.07 Å². The molecule has 0 fully saturated rings. The summed E-state index contributed by atoms with van der Waals surface area (Å²) in [5, 5.41) is 8.23. The molecule has 0 amide bonds. The van der Waals surface area contributed by atoms with E-state index in [4.69, 9.17) is 16.9 Å². The number of hydrogen-bond donors (Lipinski definition) is 0. The highest BCUT2D eigenvalue weighted by Crippen LogP contribution is 2.26. The van der Waals surface area contributed by atoms with E-state index in [-0.39, 0.29) is 16.5 Å². The smallest absolute Gasteiger partial charge is 0.200 e. The zero-order valence-corrected chi connectivity index (χ0v) is 11.6. The maximum Gasteiger partial charge on any atom is 0.200 e. The fourth-order valence-electron chi connectivity index (χ4n) is 2.02. The zero-order valence-electron chi connectivity index (χ0n) is 9.98. The molecule has 18 heavy (non-hydrogen) atoms. The topological polar surface area (TPSA) is 70.8 Å². The molecule has 1 aromatic rings. The Morgan fingerprint density at radius 2 is 2.28 bits per heavy atom. The number of sulfone groups is 1. The Bertz CT molecular complexity index is 620. The van der Waals surface area contributed by atoms with Gasteiger partial charge in [0, 0.05) is 11.6 Å². The lowest BCUT2D eigenvalue weighted by molar-refractivity contribution is 0.583. The predicted molar refractivity (Wildman–Crippen MR) is 68.3 cm³/mol. The molecule has 0 aromatic carbocycles. The van der Waals surface area contributed by atoms with Crippen molar-refractivity contribution < 1.29 is 8.42 Å². The summed E-state index contributed by atoms with van der Waals surface area (Å²) in [5.74, 6) is -0.00797. The van der Waals surface area contributed by atoms with E-state index in [1.54, 1.807) is 6.07 Å². The quantitative estimate of drug-likeness (QED) is 0.794. The SMILES string of the molecule is CC(CCl)S(=O)(=O)c1nc2c(cc1C#N)CCC2. The van der Waals surface area contributed by atoms with Crippen LogP contribution in [0.15, 0.2) is 11.1 Å². The van der Waals surface area contributed by atoms with Crippen LogP contribution in [0.1, 0.15) is 30.2 Å². The Balaban J connectivity index is 2.62. The number of fused-ring (bicyclic) bond motifs is 1. The molecule has 1 heterocycles. The van der Waals surface area contributed by atoms with Crippen molar-refractivity contribution in [2.75, 3.05) is 5.88 Å². The number of nitriles is 1. The summed E-state index contributed by atoms with van der Waals surface area (Å²) in [5.41, 5.74) is 1.92. The van der Waals surface area contributed by atoms with E-state index in [0.29, 0.717) is 0 Å². The average molecular weight is 285 g/mol. The zero-order chi connectivity index (χ0) is 13.3. The number of rotatable bonds is 3. The molecular weight excluding hydrogens is 272 g/mol. The number of pyridine rings is 1. The van der Waals surface area contributed by atoms with Gasteiger partial charge in [0.25, 0.3) is 0 Å². The molecule has 1 aromatic heterocycles. The van der Waals surface area contributed by atoms with Gasteiger partial charge in [0.05, 0.1) is 10.8 Å². The van der Waals surface area contributed by atoms with Gasteiger partial charge < -0.3 is 0 Å². The predicted octanol–water partition coefficient (Wildman–Crippen LogP) is 1.84. The first kappa shape index (κ1) is 13.3.